The number of esters is 2. The molecule has 0 bridgehead atoms. The minimum Gasteiger partial charge on any atom is -0.756 e. The zero-order chi connectivity index (χ0) is 45.0. The van der Waals surface area contributed by atoms with Crippen molar-refractivity contribution in [2.75, 3.05) is 47.5 Å². The minimum absolute atomic E-state index is 0.0291. The van der Waals surface area contributed by atoms with E-state index in [1.807, 2.05) is 21.1 Å². The quantitative estimate of drug-likeness (QED) is 0.0195. The summed E-state index contributed by atoms with van der Waals surface area (Å²) in [7, 11) is 1.17. The van der Waals surface area contributed by atoms with E-state index in [0.29, 0.717) is 17.4 Å². The topological polar surface area (TPSA) is 111 Å². The molecule has 0 aromatic heterocycles. The summed E-state index contributed by atoms with van der Waals surface area (Å²) in [6.07, 6.45) is 49.1. The highest BCUT2D eigenvalue weighted by molar-refractivity contribution is 7.45. The van der Waals surface area contributed by atoms with Crippen molar-refractivity contribution in [2.24, 2.45) is 0 Å². The molecular weight excluding hydrogens is 786 g/mol. The molecule has 0 saturated heterocycles. The van der Waals surface area contributed by atoms with Gasteiger partial charge in [0.2, 0.25) is 0 Å². The molecule has 0 aliphatic heterocycles. The summed E-state index contributed by atoms with van der Waals surface area (Å²) in [6, 6.07) is 0. The number of carbonyl (C=O) groups excluding carboxylic acids is 2. The van der Waals surface area contributed by atoms with Gasteiger partial charge in [-0.05, 0) is 44.9 Å². The molecule has 0 radical (unpaired) electrons. The lowest BCUT2D eigenvalue weighted by molar-refractivity contribution is -0.870. The first-order chi connectivity index (χ1) is 29.5. The zero-order valence-electron chi connectivity index (χ0n) is 40.6. The molecule has 0 fully saturated rings. The molecule has 2 atom stereocenters. The molecule has 360 valence electrons. The predicted molar refractivity (Wildman–Crippen MR) is 254 cm³/mol. The van der Waals surface area contributed by atoms with Gasteiger partial charge in [0.05, 0.1) is 27.7 Å². The van der Waals surface area contributed by atoms with Crippen LogP contribution in [0.15, 0.2) is 24.3 Å². The standard InChI is InChI=1S/C51H98NO8P/c1-6-8-10-12-14-16-18-20-22-24-26-28-29-31-33-35-37-39-41-43-50(53)57-47-49(48-59-61(55,56)58-46-45-52(3,4)5)60-51(54)44-42-40-38-36-34-32-30-27-25-23-21-19-17-15-13-11-9-7-2/h14,16,20,22,49H,6-13,15,17-19,21,23-48H2,1-5H3/b16-14-,22-20-/t49-/m1/s1. The molecule has 0 aromatic rings. The van der Waals surface area contributed by atoms with E-state index in [2.05, 4.69) is 38.2 Å². The molecule has 0 N–H and O–H groups in total. The second-order valence-electron chi connectivity index (χ2n) is 18.5. The molecule has 10 heteroatoms. The van der Waals surface area contributed by atoms with Crippen LogP contribution in [0.25, 0.3) is 0 Å². The number of ether oxygens (including phenoxy) is 2. The fourth-order valence-electron chi connectivity index (χ4n) is 7.22. The lowest BCUT2D eigenvalue weighted by atomic mass is 10.0. The van der Waals surface area contributed by atoms with Crippen LogP contribution >= 0.6 is 7.82 Å². The van der Waals surface area contributed by atoms with Crippen molar-refractivity contribution in [3.05, 3.63) is 24.3 Å². The fraction of sp³-hybridized carbons (Fsp3) is 0.882. The summed E-state index contributed by atoms with van der Waals surface area (Å²) in [5.41, 5.74) is 0. The van der Waals surface area contributed by atoms with Gasteiger partial charge in [-0.2, -0.15) is 0 Å². The number of nitrogens with zero attached hydrogens (tertiary/aromatic N) is 1. The van der Waals surface area contributed by atoms with Gasteiger partial charge in [0.1, 0.15) is 19.8 Å². The van der Waals surface area contributed by atoms with Gasteiger partial charge in [0, 0.05) is 12.8 Å². The molecule has 0 saturated carbocycles. The average Bonchev–Trinajstić information content (AvgIpc) is 3.21. The van der Waals surface area contributed by atoms with E-state index in [4.69, 9.17) is 18.5 Å². The minimum atomic E-state index is -4.63. The van der Waals surface area contributed by atoms with Gasteiger partial charge in [-0.1, -0.05) is 205 Å². The van der Waals surface area contributed by atoms with E-state index in [1.54, 1.807) is 0 Å². The van der Waals surface area contributed by atoms with Gasteiger partial charge in [0.15, 0.2) is 6.10 Å². The molecule has 0 amide bonds. The maximum atomic E-state index is 12.7. The van der Waals surface area contributed by atoms with Gasteiger partial charge in [-0.25, -0.2) is 0 Å². The van der Waals surface area contributed by atoms with Crippen molar-refractivity contribution >= 4 is 19.8 Å². The van der Waals surface area contributed by atoms with Crippen molar-refractivity contribution < 1.29 is 42.1 Å². The Bertz CT molecular complexity index is 1090. The highest BCUT2D eigenvalue weighted by atomic mass is 31.2. The van der Waals surface area contributed by atoms with Crippen LogP contribution < -0.4 is 4.89 Å². The molecule has 0 spiro atoms. The molecule has 0 aliphatic carbocycles. The summed E-state index contributed by atoms with van der Waals surface area (Å²) in [5, 5.41) is 0. The molecule has 0 rings (SSSR count). The summed E-state index contributed by atoms with van der Waals surface area (Å²) < 4.78 is 34.1. The van der Waals surface area contributed by atoms with E-state index < -0.39 is 26.5 Å². The number of rotatable bonds is 47. The highest BCUT2D eigenvalue weighted by Crippen LogP contribution is 2.38. The Labute approximate surface area is 377 Å². The van der Waals surface area contributed by atoms with Crippen LogP contribution in [-0.4, -0.2) is 70.0 Å². The van der Waals surface area contributed by atoms with Crippen molar-refractivity contribution in [2.45, 2.75) is 245 Å². The Morgan fingerprint density at radius 3 is 1.33 bits per heavy atom. The lowest BCUT2D eigenvalue weighted by Gasteiger charge is -2.28. The summed E-state index contributed by atoms with van der Waals surface area (Å²) in [4.78, 5) is 37.7. The Morgan fingerprint density at radius 1 is 0.508 bits per heavy atom. The number of phosphoric acid groups is 1. The third-order valence-corrected chi connectivity index (χ3v) is 12.2. The fourth-order valence-corrected chi connectivity index (χ4v) is 7.94. The van der Waals surface area contributed by atoms with Crippen molar-refractivity contribution in [3.63, 3.8) is 0 Å². The van der Waals surface area contributed by atoms with Gasteiger partial charge < -0.3 is 27.9 Å². The summed E-state index contributed by atoms with van der Waals surface area (Å²) >= 11 is 0. The first-order valence-electron chi connectivity index (χ1n) is 25.5. The number of hydrogen-bond acceptors (Lipinski definition) is 8. The predicted octanol–water partition coefficient (Wildman–Crippen LogP) is 14.5. The van der Waals surface area contributed by atoms with Gasteiger partial charge in [-0.3, -0.25) is 14.2 Å². The maximum absolute atomic E-state index is 12.7. The van der Waals surface area contributed by atoms with Crippen LogP contribution in [0.4, 0.5) is 0 Å². The van der Waals surface area contributed by atoms with E-state index in [0.717, 1.165) is 38.5 Å². The Kier molecular flexibility index (Phi) is 42.6. The number of unbranched alkanes of at least 4 members (excludes halogenated alkanes) is 29. The number of hydrogen-bond donors (Lipinski definition) is 0. The van der Waals surface area contributed by atoms with Crippen LogP contribution in [0.3, 0.4) is 0 Å². The first-order valence-corrected chi connectivity index (χ1v) is 27.0. The number of quaternary nitrogens is 1. The maximum Gasteiger partial charge on any atom is 0.306 e. The molecule has 0 aromatic carbocycles. The van der Waals surface area contributed by atoms with Gasteiger partial charge in [-0.15, -0.1) is 0 Å². The van der Waals surface area contributed by atoms with Crippen LogP contribution in [0.2, 0.25) is 0 Å². The summed E-state index contributed by atoms with van der Waals surface area (Å²) in [5.74, 6) is -0.827. The smallest absolute Gasteiger partial charge is 0.306 e. The summed E-state index contributed by atoms with van der Waals surface area (Å²) in [6.45, 7) is 4.24. The molecule has 1 unspecified atom stereocenters. The number of allylic oxidation sites excluding steroid dienone is 4. The van der Waals surface area contributed by atoms with Crippen molar-refractivity contribution in [1.29, 1.82) is 0 Å². The third-order valence-electron chi connectivity index (χ3n) is 11.2. The SMILES string of the molecule is CCCCC/C=C\C/C=C\CCCCCCCCCCCC(=O)OC[C@H](COP(=O)([O-])OCC[N+](C)(C)C)OC(=O)CCCCCCCCCCCCCCCCCCCC. The molecule has 0 aliphatic rings. The second-order valence-corrected chi connectivity index (χ2v) is 20.0. The highest BCUT2D eigenvalue weighted by Gasteiger charge is 2.21. The molecule has 61 heavy (non-hydrogen) atoms. The molecular formula is C51H98NO8P. The van der Waals surface area contributed by atoms with E-state index >= 15 is 0 Å². The van der Waals surface area contributed by atoms with Crippen LogP contribution in [0, 0.1) is 0 Å². The van der Waals surface area contributed by atoms with E-state index in [9.17, 15) is 19.0 Å². The number of likely N-dealkylation sites (N-methyl/N-ethyl adjacent to an activating group) is 1. The molecule has 9 nitrogen and oxygen atoms in total. The third kappa shape index (κ3) is 47.8. The van der Waals surface area contributed by atoms with Gasteiger partial charge >= 0.3 is 11.9 Å². The second kappa shape index (κ2) is 43.7. The number of carbonyl (C=O) groups is 2. The monoisotopic (exact) mass is 884 g/mol. The first kappa shape index (κ1) is 59.5. The van der Waals surface area contributed by atoms with Crippen LogP contribution in [0.1, 0.15) is 239 Å². The van der Waals surface area contributed by atoms with E-state index in [-0.39, 0.29) is 32.0 Å². The normalized spacial score (nSPS) is 13.6. The van der Waals surface area contributed by atoms with Crippen LogP contribution in [-0.2, 0) is 32.7 Å². The largest absolute Gasteiger partial charge is 0.756 e. The lowest BCUT2D eigenvalue weighted by Crippen LogP contribution is -2.37. The van der Waals surface area contributed by atoms with Crippen molar-refractivity contribution in [3.8, 4) is 0 Å². The Morgan fingerprint density at radius 2 is 0.885 bits per heavy atom. The zero-order valence-corrected chi connectivity index (χ0v) is 41.5. The average molecular weight is 884 g/mol. The number of phosphoric ester groups is 1. The van der Waals surface area contributed by atoms with Crippen LogP contribution in [0.5, 0.6) is 0 Å². The van der Waals surface area contributed by atoms with Gasteiger partial charge in [0.25, 0.3) is 7.82 Å². The Balaban J connectivity index is 4.24. The Hall–Kier alpha value is -1.51. The van der Waals surface area contributed by atoms with Crippen molar-refractivity contribution in [1.82, 2.24) is 0 Å². The van der Waals surface area contributed by atoms with E-state index in [1.165, 1.54) is 167 Å². The molecule has 0 heterocycles.